The zero-order chi connectivity index (χ0) is 22.9. The molecule has 10 heteroatoms. The number of nitrogens with zero attached hydrogens (tertiary/aromatic N) is 2. The van der Waals surface area contributed by atoms with Gasteiger partial charge in [-0.15, -0.1) is 0 Å². The van der Waals surface area contributed by atoms with Gasteiger partial charge in [0, 0.05) is 11.1 Å². The fourth-order valence-corrected chi connectivity index (χ4v) is 4.19. The van der Waals surface area contributed by atoms with Crippen molar-refractivity contribution < 1.29 is 27.5 Å². The molecule has 0 saturated carbocycles. The first-order valence-corrected chi connectivity index (χ1v) is 10.3. The lowest BCUT2D eigenvalue weighted by Gasteiger charge is -2.13. The number of carbonyl (C=O) groups excluding carboxylic acids is 2. The maximum absolute atomic E-state index is 13.2. The van der Waals surface area contributed by atoms with Crippen molar-refractivity contribution in [3.63, 3.8) is 0 Å². The van der Waals surface area contributed by atoms with Crippen molar-refractivity contribution in [3.8, 4) is 0 Å². The molecule has 2 aromatic heterocycles. The van der Waals surface area contributed by atoms with E-state index in [0.717, 1.165) is 11.8 Å². The van der Waals surface area contributed by atoms with Crippen LogP contribution < -0.4 is 0 Å². The zero-order valence-corrected chi connectivity index (χ0v) is 18.1. The molecule has 0 aliphatic rings. The molecule has 0 amide bonds. The summed E-state index contributed by atoms with van der Waals surface area (Å²) in [5.74, 6) is -2.16. The number of rotatable bonds is 6. The molecule has 0 saturated heterocycles. The number of aryl methyl sites for hydroxylation is 1. The molecule has 1 N–H and O–H groups in total. The van der Waals surface area contributed by atoms with Gasteiger partial charge in [-0.3, -0.25) is 4.79 Å². The average molecular weight is 451 g/mol. The average Bonchev–Trinajstić information content (AvgIpc) is 3.00. The van der Waals surface area contributed by atoms with Crippen LogP contribution in [0.5, 0.6) is 0 Å². The van der Waals surface area contributed by atoms with Crippen molar-refractivity contribution in [2.45, 2.75) is 44.1 Å². The Morgan fingerprint density at radius 3 is 2.52 bits per heavy atom. The van der Waals surface area contributed by atoms with E-state index in [4.69, 9.17) is 4.74 Å². The van der Waals surface area contributed by atoms with Crippen molar-refractivity contribution in [2.75, 3.05) is 6.61 Å². The van der Waals surface area contributed by atoms with E-state index in [2.05, 4.69) is 15.0 Å². The molecule has 1 aromatic carbocycles. The molecule has 3 rings (SSSR count). The van der Waals surface area contributed by atoms with Crippen LogP contribution in [0, 0.1) is 13.8 Å². The quantitative estimate of drug-likeness (QED) is 0.242. The number of hydrogen-bond donors (Lipinski definition) is 1. The minimum absolute atomic E-state index is 0.0605. The van der Waals surface area contributed by atoms with E-state index in [1.807, 2.05) is 0 Å². The lowest BCUT2D eigenvalue weighted by molar-refractivity contribution is -0.145. The molecule has 0 radical (unpaired) electrons. The van der Waals surface area contributed by atoms with Gasteiger partial charge in [0.1, 0.15) is 5.03 Å². The summed E-state index contributed by atoms with van der Waals surface area (Å²) in [5, 5.41) is -0.289. The van der Waals surface area contributed by atoms with Crippen molar-refractivity contribution in [1.82, 2.24) is 15.0 Å². The predicted octanol–water partition coefficient (Wildman–Crippen LogP) is 5.13. The zero-order valence-electron chi connectivity index (χ0n) is 17.3. The summed E-state index contributed by atoms with van der Waals surface area (Å²) >= 11 is 0.912. The van der Waals surface area contributed by atoms with E-state index in [9.17, 15) is 22.8 Å². The second-order valence-corrected chi connectivity index (χ2v) is 8.17. The number of fused-ring (bicyclic) bond motifs is 1. The molecule has 1 unspecified atom stereocenters. The first kappa shape index (κ1) is 22.8. The van der Waals surface area contributed by atoms with E-state index in [0.29, 0.717) is 16.6 Å². The van der Waals surface area contributed by atoms with Crippen LogP contribution in [-0.2, 0) is 10.9 Å². The molecule has 1 atom stereocenters. The Kier molecular flexibility index (Phi) is 6.40. The van der Waals surface area contributed by atoms with Gasteiger partial charge >= 0.3 is 12.1 Å². The fourth-order valence-electron chi connectivity index (χ4n) is 3.19. The molecule has 0 bridgehead atoms. The van der Waals surface area contributed by atoms with Crippen molar-refractivity contribution in [3.05, 3.63) is 52.6 Å². The van der Waals surface area contributed by atoms with Crippen LogP contribution in [-0.4, -0.2) is 38.6 Å². The molecule has 0 aliphatic carbocycles. The van der Waals surface area contributed by atoms with Gasteiger partial charge in [-0.05, 0) is 39.3 Å². The number of halogens is 3. The van der Waals surface area contributed by atoms with Crippen LogP contribution in [0.15, 0.2) is 29.3 Å². The number of hydrogen-bond acceptors (Lipinski definition) is 6. The number of ether oxygens (including phenoxy) is 1. The highest BCUT2D eigenvalue weighted by molar-refractivity contribution is 8.00. The fraction of sp³-hybridized carbons (Fsp3) is 0.333. The summed E-state index contributed by atoms with van der Waals surface area (Å²) in [6, 6.07) is 6.32. The number of para-hydroxylation sites is 1. The molecule has 6 nitrogen and oxygen atoms in total. The summed E-state index contributed by atoms with van der Waals surface area (Å²) < 4.78 is 44.8. The second kappa shape index (κ2) is 8.70. The Hall–Kier alpha value is -2.88. The Morgan fingerprint density at radius 2 is 1.87 bits per heavy atom. The standard InChI is InChI=1S/C21H20F3N3O3S/c1-5-30-19(29)15-10(2)16(25-11(15)3)17(28)12(4)31-18-13-8-6-7-9-14(13)26-20(27-18)21(22,23)24/h6-9,12,25H,5H2,1-4H3. The van der Waals surface area contributed by atoms with E-state index < -0.39 is 23.2 Å². The molecule has 0 spiro atoms. The second-order valence-electron chi connectivity index (χ2n) is 6.84. The minimum Gasteiger partial charge on any atom is -0.462 e. The summed E-state index contributed by atoms with van der Waals surface area (Å²) in [4.78, 5) is 35.4. The van der Waals surface area contributed by atoms with Crippen LogP contribution in [0.1, 0.15) is 51.8 Å². The number of benzene rings is 1. The van der Waals surface area contributed by atoms with Crippen molar-refractivity contribution >= 4 is 34.4 Å². The number of alkyl halides is 3. The van der Waals surface area contributed by atoms with E-state index in [1.165, 1.54) is 6.07 Å². The van der Waals surface area contributed by atoms with Gasteiger partial charge in [-0.2, -0.15) is 13.2 Å². The van der Waals surface area contributed by atoms with E-state index >= 15 is 0 Å². The normalized spacial score (nSPS) is 12.7. The smallest absolute Gasteiger partial charge is 0.451 e. The number of ketones is 1. The van der Waals surface area contributed by atoms with Gasteiger partial charge in [-0.1, -0.05) is 30.0 Å². The third-order valence-corrected chi connectivity index (χ3v) is 5.74. The topological polar surface area (TPSA) is 84.9 Å². The Bertz CT molecular complexity index is 1160. The highest BCUT2D eigenvalue weighted by Gasteiger charge is 2.36. The van der Waals surface area contributed by atoms with Gasteiger partial charge in [-0.25, -0.2) is 14.8 Å². The molecule has 164 valence electrons. The lowest BCUT2D eigenvalue weighted by Crippen LogP contribution is -2.17. The van der Waals surface area contributed by atoms with E-state index in [-0.39, 0.29) is 34.2 Å². The number of H-pyrrole nitrogens is 1. The predicted molar refractivity (Wildman–Crippen MR) is 110 cm³/mol. The maximum Gasteiger partial charge on any atom is 0.451 e. The summed E-state index contributed by atoms with van der Waals surface area (Å²) in [6.07, 6.45) is -4.71. The number of carbonyl (C=O) groups is 2. The summed E-state index contributed by atoms with van der Waals surface area (Å²) in [7, 11) is 0. The third kappa shape index (κ3) is 4.58. The third-order valence-electron chi connectivity index (χ3n) is 4.64. The molecular weight excluding hydrogens is 431 g/mol. The number of aromatic amines is 1. The van der Waals surface area contributed by atoms with Crippen LogP contribution in [0.2, 0.25) is 0 Å². The Labute approximate surface area is 180 Å². The van der Waals surface area contributed by atoms with Gasteiger partial charge in [0.2, 0.25) is 5.82 Å². The first-order chi connectivity index (χ1) is 14.5. The van der Waals surface area contributed by atoms with Gasteiger partial charge < -0.3 is 9.72 Å². The molecule has 0 fully saturated rings. The Balaban J connectivity index is 1.96. The number of thioether (sulfide) groups is 1. The number of esters is 1. The molecular formula is C21H20F3N3O3S. The highest BCUT2D eigenvalue weighted by atomic mass is 32.2. The number of nitrogens with one attached hydrogen (secondary N) is 1. The number of Topliss-reactive ketones (excluding diaryl/α,β-unsaturated/α-hetero) is 1. The monoisotopic (exact) mass is 451 g/mol. The summed E-state index contributed by atoms with van der Waals surface area (Å²) in [6.45, 7) is 6.74. The van der Waals surface area contributed by atoms with Gasteiger partial charge in [0.25, 0.3) is 0 Å². The first-order valence-electron chi connectivity index (χ1n) is 9.45. The highest BCUT2D eigenvalue weighted by Crippen LogP contribution is 2.34. The maximum atomic E-state index is 13.2. The van der Waals surface area contributed by atoms with Crippen LogP contribution >= 0.6 is 11.8 Å². The molecule has 0 aliphatic heterocycles. The van der Waals surface area contributed by atoms with Crippen molar-refractivity contribution in [2.24, 2.45) is 0 Å². The largest absolute Gasteiger partial charge is 0.462 e. The minimum atomic E-state index is -4.71. The van der Waals surface area contributed by atoms with Gasteiger partial charge in [0.05, 0.1) is 28.6 Å². The molecule has 2 heterocycles. The molecule has 31 heavy (non-hydrogen) atoms. The number of aromatic nitrogens is 3. The lowest BCUT2D eigenvalue weighted by atomic mass is 10.1. The van der Waals surface area contributed by atoms with Crippen LogP contribution in [0.25, 0.3) is 10.9 Å². The summed E-state index contributed by atoms with van der Waals surface area (Å²) in [5.41, 5.74) is 1.58. The van der Waals surface area contributed by atoms with E-state index in [1.54, 1.807) is 45.9 Å². The van der Waals surface area contributed by atoms with Crippen molar-refractivity contribution in [1.29, 1.82) is 0 Å². The Morgan fingerprint density at radius 1 is 1.19 bits per heavy atom. The SMILES string of the molecule is CCOC(=O)c1c(C)[nH]c(C(=O)C(C)Sc2nc(C(F)(F)F)nc3ccccc23)c1C. The van der Waals surface area contributed by atoms with Crippen LogP contribution in [0.3, 0.4) is 0 Å². The van der Waals surface area contributed by atoms with Crippen LogP contribution in [0.4, 0.5) is 13.2 Å². The molecule has 3 aromatic rings. The van der Waals surface area contributed by atoms with Gasteiger partial charge in [0.15, 0.2) is 5.78 Å².